The molecule has 0 saturated carbocycles. The summed E-state index contributed by atoms with van der Waals surface area (Å²) < 4.78 is 5.71. The third-order valence-corrected chi connectivity index (χ3v) is 4.12. The summed E-state index contributed by atoms with van der Waals surface area (Å²) in [5.41, 5.74) is 2.09. The van der Waals surface area contributed by atoms with Gasteiger partial charge in [0.25, 0.3) is 5.91 Å². The van der Waals surface area contributed by atoms with Gasteiger partial charge in [0.05, 0.1) is 5.69 Å². The first-order valence-corrected chi connectivity index (χ1v) is 8.56. The second kappa shape index (κ2) is 7.25. The molecule has 5 nitrogen and oxygen atoms in total. The van der Waals surface area contributed by atoms with Gasteiger partial charge >= 0.3 is 0 Å². The second-order valence-corrected chi connectivity index (χ2v) is 6.12. The molecule has 0 fully saturated rings. The molecule has 0 bridgehead atoms. The van der Waals surface area contributed by atoms with Crippen molar-refractivity contribution in [2.75, 3.05) is 5.32 Å². The Morgan fingerprint density at radius 3 is 2.56 bits per heavy atom. The second-order valence-electron chi connectivity index (χ2n) is 6.12. The van der Waals surface area contributed by atoms with E-state index in [0.29, 0.717) is 22.9 Å². The standard InChI is InChI=1S/C22H17N3O2/c1-15-12-13-21(25-24-15)27-18-9-5-8-17(14-18)23-22(26)20-11-4-7-16-6-2-3-10-19(16)20/h2-14H,1H3,(H,23,26). The number of aryl methyl sites for hydroxylation is 1. The molecule has 0 atom stereocenters. The van der Waals surface area contributed by atoms with Crippen LogP contribution in [0.5, 0.6) is 11.6 Å². The van der Waals surface area contributed by atoms with Crippen LogP contribution in [-0.4, -0.2) is 16.1 Å². The van der Waals surface area contributed by atoms with Crippen LogP contribution in [0.2, 0.25) is 0 Å². The average Bonchev–Trinajstić information content (AvgIpc) is 2.69. The number of hydrogen-bond donors (Lipinski definition) is 1. The number of ether oxygens (including phenoxy) is 1. The Morgan fingerprint density at radius 1 is 0.889 bits per heavy atom. The molecule has 0 aliphatic carbocycles. The Morgan fingerprint density at radius 2 is 1.70 bits per heavy atom. The highest BCUT2D eigenvalue weighted by molar-refractivity contribution is 6.12. The summed E-state index contributed by atoms with van der Waals surface area (Å²) in [6.45, 7) is 1.86. The van der Waals surface area contributed by atoms with E-state index in [4.69, 9.17) is 4.74 Å². The normalized spacial score (nSPS) is 10.6. The predicted octanol–water partition coefficient (Wildman–Crippen LogP) is 4.98. The average molecular weight is 355 g/mol. The molecule has 0 aliphatic rings. The molecule has 0 saturated heterocycles. The van der Waals surface area contributed by atoms with Crippen molar-refractivity contribution < 1.29 is 9.53 Å². The van der Waals surface area contributed by atoms with Crippen LogP contribution >= 0.6 is 0 Å². The number of aromatic nitrogens is 2. The zero-order valence-electron chi connectivity index (χ0n) is 14.7. The molecule has 1 amide bonds. The zero-order chi connectivity index (χ0) is 18.6. The third kappa shape index (κ3) is 3.77. The lowest BCUT2D eigenvalue weighted by atomic mass is 10.0. The van der Waals surface area contributed by atoms with Crippen molar-refractivity contribution in [1.29, 1.82) is 0 Å². The molecule has 0 unspecified atom stereocenters. The molecule has 0 spiro atoms. The van der Waals surface area contributed by atoms with Gasteiger partial charge in [-0.3, -0.25) is 4.79 Å². The first-order valence-electron chi connectivity index (χ1n) is 8.56. The summed E-state index contributed by atoms with van der Waals surface area (Å²) in [6, 6.07) is 24.3. The maximum atomic E-state index is 12.8. The summed E-state index contributed by atoms with van der Waals surface area (Å²) in [4.78, 5) is 12.8. The number of carbonyl (C=O) groups excluding carboxylic acids is 1. The van der Waals surface area contributed by atoms with E-state index in [1.54, 1.807) is 18.2 Å². The van der Waals surface area contributed by atoms with Gasteiger partial charge in [-0.15, -0.1) is 5.10 Å². The predicted molar refractivity (Wildman–Crippen MR) is 105 cm³/mol. The van der Waals surface area contributed by atoms with Crippen molar-refractivity contribution in [1.82, 2.24) is 10.2 Å². The molecule has 3 aromatic carbocycles. The van der Waals surface area contributed by atoms with Crippen LogP contribution < -0.4 is 10.1 Å². The van der Waals surface area contributed by atoms with E-state index in [1.807, 2.05) is 67.6 Å². The number of carbonyl (C=O) groups is 1. The highest BCUT2D eigenvalue weighted by Crippen LogP contribution is 2.24. The molecule has 4 aromatic rings. The fraction of sp³-hybridized carbons (Fsp3) is 0.0455. The zero-order valence-corrected chi connectivity index (χ0v) is 14.7. The number of benzene rings is 3. The van der Waals surface area contributed by atoms with Crippen LogP contribution in [0.3, 0.4) is 0 Å². The number of rotatable bonds is 4. The number of anilines is 1. The van der Waals surface area contributed by atoms with Crippen LogP contribution in [0, 0.1) is 6.92 Å². The van der Waals surface area contributed by atoms with E-state index in [9.17, 15) is 4.79 Å². The molecule has 132 valence electrons. The summed E-state index contributed by atoms with van der Waals surface area (Å²) in [5, 5.41) is 12.8. The molecule has 1 heterocycles. The van der Waals surface area contributed by atoms with Crippen molar-refractivity contribution in [3.63, 3.8) is 0 Å². The number of nitrogens with zero attached hydrogens (tertiary/aromatic N) is 2. The van der Waals surface area contributed by atoms with Gasteiger partial charge in [-0.25, -0.2) is 0 Å². The smallest absolute Gasteiger partial charge is 0.256 e. The number of hydrogen-bond acceptors (Lipinski definition) is 4. The van der Waals surface area contributed by atoms with Crippen molar-refractivity contribution in [3.8, 4) is 11.6 Å². The minimum Gasteiger partial charge on any atom is -0.437 e. The Balaban J connectivity index is 1.55. The Hall–Kier alpha value is -3.73. The lowest BCUT2D eigenvalue weighted by Gasteiger charge is -2.10. The number of nitrogens with one attached hydrogen (secondary N) is 1. The molecular weight excluding hydrogens is 338 g/mol. The summed E-state index contributed by atoms with van der Waals surface area (Å²) >= 11 is 0. The summed E-state index contributed by atoms with van der Waals surface area (Å²) in [7, 11) is 0. The van der Waals surface area contributed by atoms with Crippen LogP contribution in [0.15, 0.2) is 78.9 Å². The Labute approximate surface area is 156 Å². The Bertz CT molecular complexity index is 1100. The largest absolute Gasteiger partial charge is 0.437 e. The van der Waals surface area contributed by atoms with Crippen molar-refractivity contribution in [3.05, 3.63) is 90.1 Å². The van der Waals surface area contributed by atoms with Gasteiger partial charge in [0, 0.05) is 23.4 Å². The van der Waals surface area contributed by atoms with Gasteiger partial charge < -0.3 is 10.1 Å². The van der Waals surface area contributed by atoms with Crippen LogP contribution in [-0.2, 0) is 0 Å². The van der Waals surface area contributed by atoms with E-state index >= 15 is 0 Å². The molecular formula is C22H17N3O2. The quantitative estimate of drug-likeness (QED) is 0.560. The lowest BCUT2D eigenvalue weighted by molar-refractivity contribution is 0.102. The molecule has 5 heteroatoms. The van der Waals surface area contributed by atoms with E-state index in [0.717, 1.165) is 16.5 Å². The van der Waals surface area contributed by atoms with Gasteiger partial charge in [-0.2, -0.15) is 5.10 Å². The minimum atomic E-state index is -0.168. The van der Waals surface area contributed by atoms with Crippen LogP contribution in [0.1, 0.15) is 16.1 Å². The van der Waals surface area contributed by atoms with E-state index in [2.05, 4.69) is 15.5 Å². The number of fused-ring (bicyclic) bond motifs is 1. The van der Waals surface area contributed by atoms with Crippen molar-refractivity contribution in [2.45, 2.75) is 6.92 Å². The molecule has 0 aliphatic heterocycles. The molecule has 27 heavy (non-hydrogen) atoms. The molecule has 4 rings (SSSR count). The maximum absolute atomic E-state index is 12.8. The SMILES string of the molecule is Cc1ccc(Oc2cccc(NC(=O)c3cccc4ccccc34)c2)nn1. The number of amides is 1. The summed E-state index contributed by atoms with van der Waals surface area (Å²) in [6.07, 6.45) is 0. The molecule has 0 radical (unpaired) electrons. The lowest BCUT2D eigenvalue weighted by Crippen LogP contribution is -2.12. The van der Waals surface area contributed by atoms with Gasteiger partial charge in [0.1, 0.15) is 5.75 Å². The van der Waals surface area contributed by atoms with Gasteiger partial charge in [-0.05, 0) is 42.0 Å². The summed E-state index contributed by atoms with van der Waals surface area (Å²) in [5.74, 6) is 0.807. The van der Waals surface area contributed by atoms with E-state index in [1.165, 1.54) is 0 Å². The third-order valence-electron chi connectivity index (χ3n) is 4.12. The van der Waals surface area contributed by atoms with Gasteiger partial charge in [-0.1, -0.05) is 42.5 Å². The Kier molecular flexibility index (Phi) is 4.49. The highest BCUT2D eigenvalue weighted by Gasteiger charge is 2.10. The van der Waals surface area contributed by atoms with Crippen LogP contribution in [0.25, 0.3) is 10.8 Å². The first kappa shape index (κ1) is 16.7. The molecule has 1 aromatic heterocycles. The first-order chi connectivity index (χ1) is 13.2. The fourth-order valence-electron chi connectivity index (χ4n) is 2.82. The fourth-order valence-corrected chi connectivity index (χ4v) is 2.82. The van der Waals surface area contributed by atoms with Crippen molar-refractivity contribution in [2.24, 2.45) is 0 Å². The minimum absolute atomic E-state index is 0.168. The van der Waals surface area contributed by atoms with Crippen LogP contribution in [0.4, 0.5) is 5.69 Å². The highest BCUT2D eigenvalue weighted by atomic mass is 16.5. The maximum Gasteiger partial charge on any atom is 0.256 e. The van der Waals surface area contributed by atoms with Crippen molar-refractivity contribution >= 4 is 22.4 Å². The monoisotopic (exact) mass is 355 g/mol. The molecule has 1 N–H and O–H groups in total. The topological polar surface area (TPSA) is 64.1 Å². The van der Waals surface area contributed by atoms with E-state index < -0.39 is 0 Å². The van der Waals surface area contributed by atoms with E-state index in [-0.39, 0.29) is 5.91 Å². The van der Waals surface area contributed by atoms with Gasteiger partial charge in [0.2, 0.25) is 5.88 Å². The van der Waals surface area contributed by atoms with Gasteiger partial charge in [0.15, 0.2) is 0 Å².